The Morgan fingerprint density at radius 3 is 1.83 bits per heavy atom. The summed E-state index contributed by atoms with van der Waals surface area (Å²) in [5.74, 6) is -5.06. The molecular weight excluding hydrogens is 963 g/mol. The van der Waals surface area contributed by atoms with Gasteiger partial charge >= 0.3 is 0 Å². The van der Waals surface area contributed by atoms with Crippen LogP contribution in [0.2, 0.25) is 0 Å². The number of aromatic hydroxyl groups is 1. The van der Waals surface area contributed by atoms with Crippen LogP contribution in [0, 0.1) is 5.92 Å². The highest BCUT2D eigenvalue weighted by Gasteiger charge is 2.39. The first-order chi connectivity index (χ1) is 36.0. The second-order valence-electron chi connectivity index (χ2n) is 19.3. The molecule has 0 radical (unpaired) electrons. The number of carbonyl (C=O) groups excluding carboxylic acids is 7. The fourth-order valence-corrected chi connectivity index (χ4v) is 9.26. The number of phenolic OH excluding ortho intramolecular Hbond substituents is 1. The highest BCUT2D eigenvalue weighted by atomic mass is 16.3. The number of nitrogens with one attached hydrogen (secondary N) is 8. The van der Waals surface area contributed by atoms with E-state index in [1.165, 1.54) is 17.0 Å². The molecule has 7 atom stereocenters. The zero-order valence-electron chi connectivity index (χ0n) is 42.6. The summed E-state index contributed by atoms with van der Waals surface area (Å²) in [7, 11) is 0. The van der Waals surface area contributed by atoms with E-state index in [-0.39, 0.29) is 62.2 Å². The van der Waals surface area contributed by atoms with Gasteiger partial charge in [0.05, 0.1) is 12.6 Å². The molecule has 0 spiro atoms. The Morgan fingerprint density at radius 2 is 1.24 bits per heavy atom. The van der Waals surface area contributed by atoms with Crippen LogP contribution in [-0.2, 0) is 52.8 Å². The van der Waals surface area contributed by atoms with E-state index in [1.807, 2.05) is 62.4 Å². The van der Waals surface area contributed by atoms with Gasteiger partial charge in [0.15, 0.2) is 5.96 Å². The minimum Gasteiger partial charge on any atom is -0.508 e. The number of benzene rings is 3. The molecular formula is C53H71N13O9. The van der Waals surface area contributed by atoms with E-state index in [9.17, 15) is 43.8 Å². The number of aliphatic imine (C=N–C) groups is 1. The molecule has 1 aliphatic rings. The van der Waals surface area contributed by atoms with Gasteiger partial charge in [-0.15, -0.1) is 0 Å². The third kappa shape index (κ3) is 15.5. The number of carbonyl (C=O) groups is 7. The van der Waals surface area contributed by atoms with Crippen molar-refractivity contribution < 1.29 is 43.8 Å². The number of fused-ring (bicyclic) bond motifs is 2. The van der Waals surface area contributed by atoms with E-state index in [4.69, 9.17) is 17.2 Å². The zero-order valence-corrected chi connectivity index (χ0v) is 42.6. The number of amides is 7. The lowest BCUT2D eigenvalue weighted by Gasteiger charge is -2.30. The molecule has 75 heavy (non-hydrogen) atoms. The van der Waals surface area contributed by atoms with E-state index in [0.717, 1.165) is 27.4 Å². The molecule has 0 aliphatic carbocycles. The largest absolute Gasteiger partial charge is 0.508 e. The fraction of sp³-hybridized carbons (Fsp3) is 0.434. The maximum absolute atomic E-state index is 14.8. The number of aromatic nitrogens is 2. The van der Waals surface area contributed by atoms with Crippen LogP contribution in [0.5, 0.6) is 5.75 Å². The number of nitrogens with two attached hydrogens (primary N) is 3. The fourth-order valence-electron chi connectivity index (χ4n) is 9.26. The third-order valence-electron chi connectivity index (χ3n) is 13.1. The predicted molar refractivity (Wildman–Crippen MR) is 283 cm³/mol. The summed E-state index contributed by atoms with van der Waals surface area (Å²) in [6.07, 6.45) is 4.84. The molecule has 5 aromatic rings. The van der Waals surface area contributed by atoms with Gasteiger partial charge in [0, 0.05) is 66.7 Å². The Balaban J connectivity index is 1.25. The van der Waals surface area contributed by atoms with Crippen molar-refractivity contribution in [2.45, 2.75) is 114 Å². The van der Waals surface area contributed by atoms with Gasteiger partial charge in [-0.05, 0) is 92.3 Å². The number of likely N-dealkylation sites (tertiary alicyclic amines) is 1. The molecule has 1 aliphatic heterocycles. The van der Waals surface area contributed by atoms with Crippen molar-refractivity contribution in [1.82, 2.24) is 46.8 Å². The number of nitrogens with zero attached hydrogens (tertiary/aromatic N) is 2. The summed E-state index contributed by atoms with van der Waals surface area (Å²) in [4.78, 5) is 110. The molecule has 22 heteroatoms. The number of aromatic amines is 2. The standard InChI is InChI=1S/C53H71N13O9/c1-4-57-51(74)45-16-10-22-66(45)52(75)40(15-9-21-58-53(55)56)61-47(70)41(23-30(2)3)62-49(72)43(26-33-28-60-39-14-8-6-12-36(33)39)64-48(71)42(24-31-17-19-34(68)20-18-31)63-50(73)44(29-67)65-46(69)37(54)25-32-27-59-38-13-7-5-11-35(32)38/h5-8,11-14,17-20,27-28,30,37,40-45,59-60,67-68H,4,9-10,15-16,21-26,29,54H2,1-3H3,(H,57,74)(H,61,70)(H,62,72)(H,63,73)(H,64,71)(H,65,69)(H4,55,56,58)/t37-,40-,41-,42-,43+,44-,45-/m0/s1. The van der Waals surface area contributed by atoms with E-state index >= 15 is 0 Å². The number of guanidine groups is 1. The Hall–Kier alpha value is -7.98. The van der Waals surface area contributed by atoms with Crippen molar-refractivity contribution in [3.63, 3.8) is 0 Å². The molecule has 22 nitrogen and oxygen atoms in total. The number of hydrogen-bond acceptors (Lipinski definition) is 11. The third-order valence-corrected chi connectivity index (χ3v) is 13.1. The summed E-state index contributed by atoms with van der Waals surface area (Å²) < 4.78 is 0. The lowest BCUT2D eigenvalue weighted by Crippen LogP contribution is -2.61. The van der Waals surface area contributed by atoms with Crippen LogP contribution < -0.4 is 49.1 Å². The van der Waals surface area contributed by atoms with E-state index in [2.05, 4.69) is 46.9 Å². The summed E-state index contributed by atoms with van der Waals surface area (Å²) in [6, 6.07) is 12.2. The Bertz CT molecular complexity index is 2810. The molecule has 3 aromatic carbocycles. The van der Waals surface area contributed by atoms with Crippen LogP contribution in [0.25, 0.3) is 21.8 Å². The van der Waals surface area contributed by atoms with Crippen molar-refractivity contribution in [2.24, 2.45) is 28.1 Å². The van der Waals surface area contributed by atoms with Crippen molar-refractivity contribution in [3.05, 3.63) is 102 Å². The van der Waals surface area contributed by atoms with Gasteiger partial charge in [0.1, 0.15) is 42.0 Å². The van der Waals surface area contributed by atoms with Crippen LogP contribution in [0.1, 0.15) is 69.6 Å². The number of hydrogen-bond donors (Lipinski definition) is 13. The van der Waals surface area contributed by atoms with Crippen molar-refractivity contribution in [2.75, 3.05) is 26.2 Å². The van der Waals surface area contributed by atoms with Crippen molar-refractivity contribution in [1.29, 1.82) is 0 Å². The molecule has 0 unspecified atom stereocenters. The number of aliphatic hydroxyl groups is 1. The molecule has 3 heterocycles. The summed E-state index contributed by atoms with van der Waals surface area (Å²) in [5.41, 5.74) is 20.9. The first-order valence-corrected chi connectivity index (χ1v) is 25.4. The van der Waals surface area contributed by atoms with Crippen molar-refractivity contribution >= 4 is 69.1 Å². The monoisotopic (exact) mass is 1030 g/mol. The van der Waals surface area contributed by atoms with Gasteiger partial charge in [-0.1, -0.05) is 62.4 Å². The van der Waals surface area contributed by atoms with Gasteiger partial charge < -0.3 is 74.2 Å². The summed E-state index contributed by atoms with van der Waals surface area (Å²) in [6.45, 7) is 5.46. The minimum atomic E-state index is -1.55. The van der Waals surface area contributed by atoms with Gasteiger partial charge in [-0.3, -0.25) is 38.6 Å². The van der Waals surface area contributed by atoms with Crippen LogP contribution in [-0.4, -0.2) is 141 Å². The molecule has 6 rings (SSSR count). The molecule has 0 bridgehead atoms. The smallest absolute Gasteiger partial charge is 0.245 e. The van der Waals surface area contributed by atoms with Gasteiger partial charge in [-0.25, -0.2) is 0 Å². The molecule has 0 saturated carbocycles. The normalized spacial score (nSPS) is 15.8. The van der Waals surface area contributed by atoms with E-state index in [0.29, 0.717) is 43.5 Å². The molecule has 2 aromatic heterocycles. The van der Waals surface area contributed by atoms with Crippen LogP contribution in [0.15, 0.2) is 90.2 Å². The lowest BCUT2D eigenvalue weighted by atomic mass is 9.99. The molecule has 1 saturated heterocycles. The Labute approximate surface area is 434 Å². The summed E-state index contributed by atoms with van der Waals surface area (Å²) in [5, 5.41) is 38.5. The van der Waals surface area contributed by atoms with Gasteiger partial charge in [0.2, 0.25) is 41.4 Å². The van der Waals surface area contributed by atoms with E-state index < -0.39 is 84.3 Å². The quantitative estimate of drug-likeness (QED) is 0.0203. The zero-order chi connectivity index (χ0) is 54.2. The first-order valence-electron chi connectivity index (χ1n) is 25.4. The van der Waals surface area contributed by atoms with Crippen LogP contribution >= 0.6 is 0 Å². The maximum atomic E-state index is 14.8. The predicted octanol–water partition coefficient (Wildman–Crippen LogP) is 0.353. The first kappa shape index (κ1) is 56.3. The molecule has 1 fully saturated rings. The minimum absolute atomic E-state index is 0.0486. The Kier molecular flexibility index (Phi) is 20.1. The number of likely N-dealkylation sites (N-methyl/N-ethyl adjacent to an activating group) is 1. The second-order valence-corrected chi connectivity index (χ2v) is 19.3. The van der Waals surface area contributed by atoms with Crippen molar-refractivity contribution in [3.8, 4) is 5.75 Å². The van der Waals surface area contributed by atoms with Crippen LogP contribution in [0.4, 0.5) is 0 Å². The number of rotatable bonds is 26. The SMILES string of the molecule is CCNC(=O)[C@@H]1CCCN1C(=O)[C@H](CCCN=C(N)N)NC(=O)[C@H](CC(C)C)NC(=O)[C@@H](Cc1c[nH]c2ccccc12)NC(=O)[C@H](Cc1ccc(O)cc1)NC(=O)[C@H](CO)NC(=O)[C@@H](N)Cc1c[nH]c2ccccc12. The number of phenols is 1. The average Bonchev–Trinajstić information content (AvgIpc) is 4.15. The highest BCUT2D eigenvalue weighted by Crippen LogP contribution is 2.23. The number of aliphatic hydroxyl groups excluding tert-OH is 1. The maximum Gasteiger partial charge on any atom is 0.245 e. The highest BCUT2D eigenvalue weighted by molar-refractivity contribution is 5.98. The van der Waals surface area contributed by atoms with E-state index in [1.54, 1.807) is 31.5 Å². The number of para-hydroxylation sites is 2. The number of H-pyrrole nitrogens is 2. The van der Waals surface area contributed by atoms with Crippen LogP contribution in [0.3, 0.4) is 0 Å². The topological polar surface area (TPSA) is 357 Å². The molecule has 16 N–H and O–H groups in total. The summed E-state index contributed by atoms with van der Waals surface area (Å²) >= 11 is 0. The average molecular weight is 1030 g/mol. The lowest BCUT2D eigenvalue weighted by molar-refractivity contribution is -0.142. The van der Waals surface area contributed by atoms with Gasteiger partial charge in [-0.2, -0.15) is 0 Å². The molecule has 7 amide bonds. The van der Waals surface area contributed by atoms with Gasteiger partial charge in [0.25, 0.3) is 0 Å². The molecule has 402 valence electrons. The second kappa shape index (κ2) is 26.8. The Morgan fingerprint density at radius 1 is 0.707 bits per heavy atom.